The van der Waals surface area contributed by atoms with Crippen LogP contribution in [0.25, 0.3) is 0 Å². The monoisotopic (exact) mass is 1240 g/mol. The fraction of sp³-hybridized carbons (Fsp3) is 0.517. The van der Waals surface area contributed by atoms with Crippen LogP contribution in [0.2, 0.25) is 0 Å². The van der Waals surface area contributed by atoms with Gasteiger partial charge in [-0.1, -0.05) is 0 Å². The second-order valence-electron chi connectivity index (χ2n) is 21.5. The number of nitrogens with zero attached hydrogens (tertiary/aromatic N) is 4. The Balaban J connectivity index is 0.000000228. The van der Waals surface area contributed by atoms with Gasteiger partial charge in [-0.05, 0) is 146 Å². The van der Waals surface area contributed by atoms with Gasteiger partial charge in [0.05, 0.1) is 80.9 Å². The molecule has 5 aromatic heterocycles. The Morgan fingerprint density at radius 1 is 0.517 bits per heavy atom. The van der Waals surface area contributed by atoms with E-state index in [-0.39, 0.29) is 100 Å². The summed E-state index contributed by atoms with van der Waals surface area (Å²) in [7, 11) is 10.7. The zero-order valence-electron chi connectivity index (χ0n) is 50.7. The summed E-state index contributed by atoms with van der Waals surface area (Å²) in [4.78, 5) is 103. The molecule has 87 heavy (non-hydrogen) atoms. The van der Waals surface area contributed by atoms with Crippen LogP contribution in [-0.4, -0.2) is 139 Å². The van der Waals surface area contributed by atoms with Crippen LogP contribution in [0.3, 0.4) is 0 Å². The number of hydrogen-bond acceptors (Lipinski definition) is 20. The molecular weight excluding hydrogens is 1160 g/mol. The number of pyridine rings is 4. The van der Waals surface area contributed by atoms with Crippen LogP contribution in [0.15, 0.2) is 120 Å². The van der Waals surface area contributed by atoms with E-state index in [0.717, 1.165) is 64.2 Å². The number of carbonyl (C=O) groups excluding carboxylic acids is 3. The van der Waals surface area contributed by atoms with Crippen molar-refractivity contribution < 1.29 is 66.6 Å². The third-order valence-electron chi connectivity index (χ3n) is 15.2. The van der Waals surface area contributed by atoms with Gasteiger partial charge in [0.25, 0.3) is 22.2 Å². The number of nitrogens with two attached hydrogens (primary N) is 2. The predicted octanol–water partition coefficient (Wildman–Crippen LogP) is 6.18. The van der Waals surface area contributed by atoms with E-state index in [1.807, 2.05) is 0 Å². The number of amides is 1. The zero-order valence-corrected chi connectivity index (χ0v) is 51.5. The number of carbonyl (C=O) groups is 4. The summed E-state index contributed by atoms with van der Waals surface area (Å²) in [5, 5.41) is 11.3. The van der Waals surface area contributed by atoms with Crippen LogP contribution < -0.4 is 44.6 Å². The Morgan fingerprint density at radius 2 is 0.897 bits per heavy atom. The molecule has 1 unspecified atom stereocenters. The lowest BCUT2D eigenvalue weighted by Gasteiger charge is -2.36. The van der Waals surface area contributed by atoms with E-state index in [4.69, 9.17) is 45.0 Å². The smallest absolute Gasteiger partial charge is 0.412 e. The highest BCUT2D eigenvalue weighted by molar-refractivity contribution is 5.89. The van der Waals surface area contributed by atoms with Crippen molar-refractivity contribution in [2.75, 3.05) is 60.8 Å². The van der Waals surface area contributed by atoms with E-state index in [1.165, 1.54) is 49.3 Å². The number of aromatic carboxylic acids is 1. The largest absolute Gasteiger partial charge is 0.477 e. The molecule has 6 N–H and O–H groups in total. The minimum atomic E-state index is -1.19. The highest BCUT2D eigenvalue weighted by Crippen LogP contribution is 2.36. The third kappa shape index (κ3) is 18.9. The number of ether oxygens (including phenoxy) is 8. The first-order valence-electron chi connectivity index (χ1n) is 28.0. The van der Waals surface area contributed by atoms with Gasteiger partial charge in [0, 0.05) is 66.4 Å². The van der Waals surface area contributed by atoms with Crippen molar-refractivity contribution in [2.45, 2.75) is 151 Å². The van der Waals surface area contributed by atoms with Gasteiger partial charge in [-0.3, -0.25) is 24.5 Å². The first-order valence-corrected chi connectivity index (χ1v) is 28.0. The maximum Gasteiger partial charge on any atom is 0.412 e. The Bertz CT molecular complexity index is 3360. The summed E-state index contributed by atoms with van der Waals surface area (Å²) in [6.45, 7) is 5.31. The lowest BCUT2D eigenvalue weighted by molar-refractivity contribution is -0.0106. The number of esters is 2. The van der Waals surface area contributed by atoms with Crippen LogP contribution in [0.4, 0.5) is 16.2 Å². The first kappa shape index (κ1) is 71.8. The Hall–Kier alpha value is -7.72. The Labute approximate surface area is 508 Å². The van der Waals surface area contributed by atoms with Crippen LogP contribution in [0, 0.1) is 0 Å². The fourth-order valence-electron chi connectivity index (χ4n) is 9.64. The summed E-state index contributed by atoms with van der Waals surface area (Å²) in [5.41, 5.74) is 8.95. The number of nitrogens with one attached hydrogen (secondary N) is 1. The molecule has 478 valence electrons. The van der Waals surface area contributed by atoms with Gasteiger partial charge in [-0.2, -0.15) is 0 Å². The molecule has 26 nitrogen and oxygen atoms in total. The zero-order chi connectivity index (χ0) is 63.4. The van der Waals surface area contributed by atoms with Crippen molar-refractivity contribution >= 4 is 47.8 Å². The standard InChI is InChI=1S/C15H22N2O4.C12H15NO4.C11H13NO4.C10H14N2O2.C7H6O4.C5H11NO.ClH/c1-15(2,3)21-14(19)16-10-6-5-9-17(13(10)18)11-7-8-12(11)20-4;1-16-10-6-5-9(10)13-7-3-4-8(11(13)14)12(15)17-2;1-16-9-5-4-8(9)12-6-2-3-7(10(12)13)11(14)15;1-14-9-5-4-8(9)12-6-2-3-7(11)10(12)13;1-10-6(8)5-3-2-4-11-7(5)9;1-7-5-3-2-4(5)6;/h5-6,9,11-12H,7-8H2,1-4H3,(H,16,19);3-4,7,9-10H,5-6H2,1-2H3;2-3,6,8-9H,4-5H2,1H3,(H,14,15);2-3,6,8-9H,4-5,11H2,1H3;2-4H,1H3;4-5H,2-3,6H2,1H3;1H/t11-,12-;9-,10-;2*8-,9-;;4-,5?;/m0000.0./s1. The molecule has 5 aliphatic rings. The predicted molar refractivity (Wildman–Crippen MR) is 323 cm³/mol. The molecule has 0 saturated heterocycles. The van der Waals surface area contributed by atoms with E-state index in [9.17, 15) is 43.2 Å². The molecule has 5 aromatic rings. The number of hydrogen-bond donors (Lipinski definition) is 4. The fourth-order valence-corrected chi connectivity index (χ4v) is 9.64. The van der Waals surface area contributed by atoms with E-state index >= 15 is 0 Å². The first-order chi connectivity index (χ1) is 41.0. The van der Waals surface area contributed by atoms with E-state index in [1.54, 1.807) is 131 Å². The van der Waals surface area contributed by atoms with Crippen LogP contribution in [0.1, 0.15) is 140 Å². The number of carboxylic acids is 1. The molecule has 10 atom stereocenters. The topological polar surface area (TPSA) is 345 Å². The maximum absolute atomic E-state index is 12.4. The summed E-state index contributed by atoms with van der Waals surface area (Å²) in [6.07, 6.45) is 17.7. The van der Waals surface area contributed by atoms with Gasteiger partial charge >= 0.3 is 29.6 Å². The molecule has 1 amide bonds. The molecule has 10 rings (SSSR count). The number of nitrogen functional groups attached to an aromatic ring is 1. The minimum Gasteiger partial charge on any atom is -0.477 e. The summed E-state index contributed by atoms with van der Waals surface area (Å²) >= 11 is 0. The van der Waals surface area contributed by atoms with Gasteiger partial charge in [-0.25, -0.2) is 24.0 Å². The molecule has 27 heteroatoms. The molecular formula is C60H82ClN7O19. The van der Waals surface area contributed by atoms with E-state index in [2.05, 4.69) is 19.2 Å². The molecule has 0 radical (unpaired) electrons. The van der Waals surface area contributed by atoms with Gasteiger partial charge < -0.3 is 77.2 Å². The third-order valence-corrected chi connectivity index (χ3v) is 15.2. The van der Waals surface area contributed by atoms with Crippen LogP contribution in [-0.2, 0) is 37.9 Å². The average molecular weight is 1240 g/mol. The molecule has 0 aliphatic heterocycles. The molecule has 0 spiro atoms. The van der Waals surface area contributed by atoms with Crippen molar-refractivity contribution in [2.24, 2.45) is 5.73 Å². The molecule has 5 fully saturated rings. The Morgan fingerprint density at radius 3 is 1.25 bits per heavy atom. The van der Waals surface area contributed by atoms with Gasteiger partial charge in [0.15, 0.2) is 0 Å². The number of methoxy groups -OCH3 is 7. The second-order valence-corrected chi connectivity index (χ2v) is 21.5. The Kier molecular flexibility index (Phi) is 28.0. The van der Waals surface area contributed by atoms with Crippen molar-refractivity contribution in [3.8, 4) is 0 Å². The van der Waals surface area contributed by atoms with E-state index < -0.39 is 40.8 Å². The number of halogens is 1. The quantitative estimate of drug-likeness (QED) is 0.0755. The lowest BCUT2D eigenvalue weighted by Crippen LogP contribution is -2.45. The van der Waals surface area contributed by atoms with Crippen LogP contribution >= 0.6 is 12.4 Å². The highest BCUT2D eigenvalue weighted by atomic mass is 35.5. The maximum atomic E-state index is 12.4. The molecule has 5 heterocycles. The van der Waals surface area contributed by atoms with Gasteiger partial charge in [-0.15, -0.1) is 12.4 Å². The van der Waals surface area contributed by atoms with Gasteiger partial charge in [0.1, 0.15) is 28.0 Å². The highest BCUT2D eigenvalue weighted by Gasteiger charge is 2.36. The number of aromatic nitrogens is 4. The molecule has 0 bridgehead atoms. The van der Waals surface area contributed by atoms with Crippen LogP contribution in [0.5, 0.6) is 0 Å². The lowest BCUT2D eigenvalue weighted by atomic mass is 9.88. The summed E-state index contributed by atoms with van der Waals surface area (Å²) in [6, 6.07) is 16.1. The normalized spacial score (nSPS) is 22.6. The SMILES string of the molecule is COC(=O)c1cccn([C@H]2CC[C@@H]2OC)c1=O.COC(=O)c1cccoc1=O.COC1CC[C@@H]1N.CO[C@H]1CC[C@@H]1n1cccc(C(=O)O)c1=O.CO[C@H]1CC[C@@H]1n1cccc(N)c1=O.CO[C@H]1CC[C@@H]1n1cccc(NC(=O)OC(C)(C)C)c1=O.Cl. The number of anilines is 2. The molecule has 0 aromatic carbocycles. The average Bonchev–Trinajstić information content (AvgIpc) is 1.14. The van der Waals surface area contributed by atoms with Crippen molar-refractivity contribution in [3.05, 3.63) is 160 Å². The van der Waals surface area contributed by atoms with Gasteiger partial charge in [0.2, 0.25) is 0 Å². The number of rotatable bonds is 13. The molecule has 5 aliphatic carbocycles. The summed E-state index contributed by atoms with van der Waals surface area (Å²) in [5.74, 6) is -2.47. The van der Waals surface area contributed by atoms with E-state index in [0.29, 0.717) is 17.8 Å². The molecule has 5 saturated carbocycles. The van der Waals surface area contributed by atoms with Crippen molar-refractivity contribution in [1.29, 1.82) is 0 Å². The minimum absolute atomic E-state index is 0. The van der Waals surface area contributed by atoms with Crippen molar-refractivity contribution in [3.63, 3.8) is 0 Å². The second kappa shape index (κ2) is 34.0. The summed E-state index contributed by atoms with van der Waals surface area (Å²) < 4.78 is 50.8. The number of carboxylic acid groups (broad SMARTS) is 1. The van der Waals surface area contributed by atoms with Crippen molar-refractivity contribution in [1.82, 2.24) is 18.3 Å².